The van der Waals surface area contributed by atoms with Crippen LogP contribution in [-0.4, -0.2) is 36.6 Å². The molecule has 1 heterocycles. The summed E-state index contributed by atoms with van der Waals surface area (Å²) in [6, 6.07) is 12.2. The van der Waals surface area contributed by atoms with E-state index in [1.165, 1.54) is 5.69 Å². The van der Waals surface area contributed by atoms with Gasteiger partial charge < -0.3 is 19.5 Å². The lowest BCUT2D eigenvalue weighted by atomic mass is 10.2. The number of benzene rings is 1. The fourth-order valence-electron chi connectivity index (χ4n) is 2.39. The van der Waals surface area contributed by atoms with E-state index in [9.17, 15) is 0 Å². The number of rotatable bonds is 5. The fourth-order valence-corrected chi connectivity index (χ4v) is 2.39. The SMILES string of the molecule is CN=C(NCc1ccccc1OC)N(C)Cc1cccn1C.I. The number of halogens is 1. The van der Waals surface area contributed by atoms with Gasteiger partial charge in [0.1, 0.15) is 5.75 Å². The van der Waals surface area contributed by atoms with Crippen molar-refractivity contribution in [1.29, 1.82) is 0 Å². The van der Waals surface area contributed by atoms with Crippen LogP contribution in [0.1, 0.15) is 11.3 Å². The number of aliphatic imine (C=N–C) groups is 1. The monoisotopic (exact) mass is 428 g/mol. The topological polar surface area (TPSA) is 41.8 Å². The van der Waals surface area contributed by atoms with Crippen LogP contribution in [0.25, 0.3) is 0 Å². The summed E-state index contributed by atoms with van der Waals surface area (Å²) in [7, 11) is 7.57. The first-order valence-corrected chi connectivity index (χ1v) is 7.29. The Morgan fingerprint density at radius 3 is 2.61 bits per heavy atom. The Hall–Kier alpha value is -1.70. The summed E-state index contributed by atoms with van der Waals surface area (Å²) in [6.07, 6.45) is 2.05. The zero-order chi connectivity index (χ0) is 15.9. The van der Waals surface area contributed by atoms with Gasteiger partial charge in [-0.05, 0) is 18.2 Å². The van der Waals surface area contributed by atoms with Crippen LogP contribution in [0.5, 0.6) is 5.75 Å². The Bertz CT molecular complexity index is 639. The molecule has 0 aliphatic heterocycles. The Morgan fingerprint density at radius 2 is 2.00 bits per heavy atom. The first kappa shape index (κ1) is 19.3. The highest BCUT2D eigenvalue weighted by Gasteiger charge is 2.09. The van der Waals surface area contributed by atoms with Gasteiger partial charge in [-0.1, -0.05) is 18.2 Å². The lowest BCUT2D eigenvalue weighted by Gasteiger charge is -2.22. The van der Waals surface area contributed by atoms with Crippen molar-refractivity contribution in [3.8, 4) is 5.75 Å². The largest absolute Gasteiger partial charge is 0.496 e. The summed E-state index contributed by atoms with van der Waals surface area (Å²) in [4.78, 5) is 6.45. The Balaban J connectivity index is 0.00000264. The van der Waals surface area contributed by atoms with E-state index in [-0.39, 0.29) is 24.0 Å². The molecule has 0 fully saturated rings. The quantitative estimate of drug-likeness (QED) is 0.453. The van der Waals surface area contributed by atoms with Crippen LogP contribution in [0.15, 0.2) is 47.6 Å². The maximum absolute atomic E-state index is 5.38. The molecule has 0 atom stereocenters. The second-order valence-electron chi connectivity index (χ2n) is 5.18. The van der Waals surface area contributed by atoms with Gasteiger partial charge in [-0.3, -0.25) is 4.99 Å². The van der Waals surface area contributed by atoms with E-state index in [4.69, 9.17) is 4.74 Å². The third kappa shape index (κ3) is 5.16. The molecule has 1 N–H and O–H groups in total. The van der Waals surface area contributed by atoms with E-state index < -0.39 is 0 Å². The van der Waals surface area contributed by atoms with Crippen molar-refractivity contribution in [2.45, 2.75) is 13.1 Å². The first-order chi connectivity index (χ1) is 10.7. The predicted octanol–water partition coefficient (Wildman–Crippen LogP) is 2.86. The second-order valence-corrected chi connectivity index (χ2v) is 5.18. The molecule has 126 valence electrons. The molecule has 1 aromatic carbocycles. The second kappa shape index (κ2) is 9.44. The standard InChI is InChI=1S/C17H24N4O.HI/c1-18-17(21(3)13-15-9-7-11-20(15)2)19-12-14-8-5-6-10-16(14)22-4;/h5-11H,12-13H2,1-4H3,(H,18,19);1H. The first-order valence-electron chi connectivity index (χ1n) is 7.29. The van der Waals surface area contributed by atoms with Gasteiger partial charge in [-0.15, -0.1) is 24.0 Å². The third-order valence-corrected chi connectivity index (χ3v) is 3.65. The minimum absolute atomic E-state index is 0. The number of guanidine groups is 1. The van der Waals surface area contributed by atoms with Crippen LogP contribution >= 0.6 is 24.0 Å². The molecule has 23 heavy (non-hydrogen) atoms. The molecule has 0 aliphatic rings. The minimum atomic E-state index is 0. The summed E-state index contributed by atoms with van der Waals surface area (Å²) < 4.78 is 7.49. The van der Waals surface area contributed by atoms with E-state index >= 15 is 0 Å². The fraction of sp³-hybridized carbons (Fsp3) is 0.353. The minimum Gasteiger partial charge on any atom is -0.496 e. The van der Waals surface area contributed by atoms with Crippen molar-refractivity contribution in [1.82, 2.24) is 14.8 Å². The number of nitrogens with zero attached hydrogens (tertiary/aromatic N) is 3. The molecule has 0 unspecified atom stereocenters. The van der Waals surface area contributed by atoms with Crippen LogP contribution in [0, 0.1) is 0 Å². The number of hydrogen-bond acceptors (Lipinski definition) is 2. The zero-order valence-corrected chi connectivity index (χ0v) is 16.4. The third-order valence-electron chi connectivity index (χ3n) is 3.65. The van der Waals surface area contributed by atoms with Gasteiger partial charge in [0.15, 0.2) is 5.96 Å². The van der Waals surface area contributed by atoms with E-state index in [0.29, 0.717) is 6.54 Å². The summed E-state index contributed by atoms with van der Waals surface area (Å²) in [5.41, 5.74) is 2.35. The highest BCUT2D eigenvalue weighted by Crippen LogP contribution is 2.16. The van der Waals surface area contributed by atoms with Crippen molar-refractivity contribution >= 4 is 29.9 Å². The maximum Gasteiger partial charge on any atom is 0.194 e. The Kier molecular flexibility index (Phi) is 7.94. The summed E-state index contributed by atoms with van der Waals surface area (Å²) in [5.74, 6) is 1.74. The van der Waals surface area contributed by atoms with Gasteiger partial charge in [-0.2, -0.15) is 0 Å². The summed E-state index contributed by atoms with van der Waals surface area (Å²) in [6.45, 7) is 1.48. The van der Waals surface area contributed by atoms with Gasteiger partial charge in [0.2, 0.25) is 0 Å². The average Bonchev–Trinajstić information content (AvgIpc) is 2.93. The van der Waals surface area contributed by atoms with Gasteiger partial charge in [-0.25, -0.2) is 0 Å². The van der Waals surface area contributed by atoms with Crippen LogP contribution in [0.4, 0.5) is 0 Å². The molecule has 5 nitrogen and oxygen atoms in total. The number of methoxy groups -OCH3 is 1. The molecular formula is C17H25IN4O. The number of hydrogen-bond donors (Lipinski definition) is 1. The molecule has 0 aliphatic carbocycles. The lowest BCUT2D eigenvalue weighted by Crippen LogP contribution is -2.38. The molecule has 2 aromatic rings. The molecule has 0 radical (unpaired) electrons. The van der Waals surface area contributed by atoms with E-state index in [1.807, 2.05) is 44.6 Å². The maximum atomic E-state index is 5.38. The van der Waals surface area contributed by atoms with E-state index in [2.05, 4.69) is 31.9 Å². The van der Waals surface area contributed by atoms with Crippen molar-refractivity contribution in [2.24, 2.45) is 12.0 Å². The number of ether oxygens (including phenoxy) is 1. The molecule has 6 heteroatoms. The highest BCUT2D eigenvalue weighted by atomic mass is 127. The molecule has 0 saturated carbocycles. The van der Waals surface area contributed by atoms with Crippen molar-refractivity contribution < 1.29 is 4.74 Å². The van der Waals surface area contributed by atoms with Crippen LogP contribution in [-0.2, 0) is 20.1 Å². The smallest absolute Gasteiger partial charge is 0.194 e. The Labute approximate surface area is 155 Å². The summed E-state index contributed by atoms with van der Waals surface area (Å²) >= 11 is 0. The number of nitrogens with one attached hydrogen (secondary N) is 1. The Morgan fingerprint density at radius 1 is 1.26 bits per heavy atom. The predicted molar refractivity (Wildman–Crippen MR) is 105 cm³/mol. The molecule has 0 spiro atoms. The van der Waals surface area contributed by atoms with Gasteiger partial charge in [0.05, 0.1) is 13.7 Å². The molecule has 0 saturated heterocycles. The number of para-hydroxylation sites is 1. The molecule has 0 bridgehead atoms. The molecule has 1 aromatic heterocycles. The van der Waals surface area contributed by atoms with Gasteiger partial charge in [0, 0.05) is 45.1 Å². The summed E-state index contributed by atoms with van der Waals surface area (Å²) in [5, 5.41) is 3.38. The van der Waals surface area contributed by atoms with E-state index in [1.54, 1.807) is 14.2 Å². The van der Waals surface area contributed by atoms with Crippen molar-refractivity contribution in [3.63, 3.8) is 0 Å². The average molecular weight is 428 g/mol. The van der Waals surface area contributed by atoms with Crippen LogP contribution < -0.4 is 10.1 Å². The van der Waals surface area contributed by atoms with Crippen LogP contribution in [0.3, 0.4) is 0 Å². The number of aryl methyl sites for hydroxylation is 1. The van der Waals surface area contributed by atoms with Crippen LogP contribution in [0.2, 0.25) is 0 Å². The zero-order valence-electron chi connectivity index (χ0n) is 14.1. The van der Waals surface area contributed by atoms with Crippen molar-refractivity contribution in [2.75, 3.05) is 21.2 Å². The molecule has 0 amide bonds. The van der Waals surface area contributed by atoms with Gasteiger partial charge in [0.25, 0.3) is 0 Å². The highest BCUT2D eigenvalue weighted by molar-refractivity contribution is 14.0. The molecule has 2 rings (SSSR count). The van der Waals surface area contributed by atoms with Crippen molar-refractivity contribution in [3.05, 3.63) is 53.9 Å². The lowest BCUT2D eigenvalue weighted by molar-refractivity contribution is 0.408. The number of aromatic nitrogens is 1. The van der Waals surface area contributed by atoms with Gasteiger partial charge >= 0.3 is 0 Å². The van der Waals surface area contributed by atoms with E-state index in [0.717, 1.165) is 23.8 Å². The molecular weight excluding hydrogens is 403 g/mol. The normalized spacial score (nSPS) is 10.9.